The van der Waals surface area contributed by atoms with Crippen molar-refractivity contribution in [3.63, 3.8) is 0 Å². The zero-order valence-electron chi connectivity index (χ0n) is 8.30. The summed E-state index contributed by atoms with van der Waals surface area (Å²) < 4.78 is 4.91. The summed E-state index contributed by atoms with van der Waals surface area (Å²) in [4.78, 5) is 14.7. The first kappa shape index (κ1) is 11.4. The number of nitro groups is 1. The second-order valence-electron chi connectivity index (χ2n) is 2.85. The zero-order chi connectivity index (χ0) is 11.3. The third-order valence-corrected chi connectivity index (χ3v) is 1.97. The van der Waals surface area contributed by atoms with Gasteiger partial charge in [-0.25, -0.2) is 5.90 Å². The van der Waals surface area contributed by atoms with E-state index in [2.05, 4.69) is 4.84 Å². The van der Waals surface area contributed by atoms with E-state index in [9.17, 15) is 10.1 Å². The summed E-state index contributed by atoms with van der Waals surface area (Å²) in [5.74, 6) is 5.12. The van der Waals surface area contributed by atoms with Crippen molar-refractivity contribution >= 4 is 5.69 Å². The van der Waals surface area contributed by atoms with Crippen LogP contribution in [0.4, 0.5) is 5.69 Å². The van der Waals surface area contributed by atoms with Crippen LogP contribution in [-0.2, 0) is 11.3 Å². The Morgan fingerprint density at radius 3 is 2.80 bits per heavy atom. The first-order chi connectivity index (χ1) is 7.20. The molecule has 0 spiro atoms. The molecule has 0 aromatic heterocycles. The molecule has 2 N–H and O–H groups in total. The summed E-state index contributed by atoms with van der Waals surface area (Å²) in [7, 11) is 1.39. The van der Waals surface area contributed by atoms with Crippen LogP contribution in [0.25, 0.3) is 0 Å². The van der Waals surface area contributed by atoms with Gasteiger partial charge in [0.05, 0.1) is 18.6 Å². The molecule has 82 valence electrons. The number of hydrogen-bond acceptors (Lipinski definition) is 5. The van der Waals surface area contributed by atoms with Crippen LogP contribution in [0, 0.1) is 10.1 Å². The maximum atomic E-state index is 10.8. The molecule has 0 fully saturated rings. The van der Waals surface area contributed by atoms with Crippen molar-refractivity contribution in [2.75, 3.05) is 13.7 Å². The van der Waals surface area contributed by atoms with E-state index in [1.807, 2.05) is 0 Å². The fraction of sp³-hybridized carbons (Fsp3) is 0.333. The maximum absolute atomic E-state index is 10.8. The minimum Gasteiger partial charge on any atom is -0.490 e. The molecular formula is C9H12N2O4. The molecular weight excluding hydrogens is 200 g/mol. The highest BCUT2D eigenvalue weighted by atomic mass is 16.6. The van der Waals surface area contributed by atoms with E-state index in [0.717, 1.165) is 0 Å². The van der Waals surface area contributed by atoms with Gasteiger partial charge in [-0.05, 0) is 6.07 Å². The van der Waals surface area contributed by atoms with Gasteiger partial charge in [0.25, 0.3) is 0 Å². The number of ether oxygens (including phenoxy) is 1. The van der Waals surface area contributed by atoms with Crippen LogP contribution < -0.4 is 10.6 Å². The second-order valence-corrected chi connectivity index (χ2v) is 2.85. The fourth-order valence-corrected chi connectivity index (χ4v) is 1.31. The number of para-hydroxylation sites is 1. The van der Waals surface area contributed by atoms with Crippen molar-refractivity contribution in [2.24, 2.45) is 5.90 Å². The number of nitrogens with zero attached hydrogens (tertiary/aromatic N) is 1. The summed E-state index contributed by atoms with van der Waals surface area (Å²) in [6.07, 6.45) is 0.379. The molecule has 0 saturated heterocycles. The summed E-state index contributed by atoms with van der Waals surface area (Å²) >= 11 is 0. The molecule has 0 aliphatic heterocycles. The van der Waals surface area contributed by atoms with Gasteiger partial charge in [-0.3, -0.25) is 10.1 Å². The van der Waals surface area contributed by atoms with Gasteiger partial charge in [0, 0.05) is 12.0 Å². The molecule has 1 aromatic carbocycles. The molecule has 15 heavy (non-hydrogen) atoms. The summed E-state index contributed by atoms with van der Waals surface area (Å²) in [5, 5.41) is 10.8. The standard InChI is InChI=1S/C9H12N2O4/c1-14-8-4-2-3-7(5-6-15-10)9(8)11(12)13/h2-4H,5-6,10H2,1H3. The third kappa shape index (κ3) is 2.64. The number of methoxy groups -OCH3 is 1. The SMILES string of the molecule is COc1cccc(CCON)c1[N+](=O)[O-]. The predicted molar refractivity (Wildman–Crippen MR) is 53.5 cm³/mol. The second kappa shape index (κ2) is 5.28. The molecule has 0 bridgehead atoms. The smallest absolute Gasteiger partial charge is 0.314 e. The van der Waals surface area contributed by atoms with Crippen LogP contribution in [0.1, 0.15) is 5.56 Å². The Labute approximate surface area is 86.7 Å². The van der Waals surface area contributed by atoms with E-state index in [1.165, 1.54) is 7.11 Å². The highest BCUT2D eigenvalue weighted by Crippen LogP contribution is 2.30. The first-order valence-corrected chi connectivity index (χ1v) is 4.32. The molecule has 6 heteroatoms. The molecule has 0 unspecified atom stereocenters. The summed E-state index contributed by atoms with van der Waals surface area (Å²) in [6.45, 7) is 0.230. The number of nitrogens with two attached hydrogens (primary N) is 1. The molecule has 0 amide bonds. The molecule has 0 aliphatic rings. The van der Waals surface area contributed by atoms with Crippen molar-refractivity contribution in [1.82, 2.24) is 0 Å². The Bertz CT molecular complexity index is 354. The Kier molecular flexibility index (Phi) is 4.02. The lowest BCUT2D eigenvalue weighted by Gasteiger charge is -2.05. The molecule has 1 rings (SSSR count). The fourth-order valence-electron chi connectivity index (χ4n) is 1.31. The quantitative estimate of drug-likeness (QED) is 0.581. The molecule has 0 aliphatic carbocycles. The monoisotopic (exact) mass is 212 g/mol. The van der Waals surface area contributed by atoms with Crippen LogP contribution >= 0.6 is 0 Å². The van der Waals surface area contributed by atoms with Crippen LogP contribution in [0.2, 0.25) is 0 Å². The van der Waals surface area contributed by atoms with E-state index in [0.29, 0.717) is 12.0 Å². The molecule has 6 nitrogen and oxygen atoms in total. The zero-order valence-corrected chi connectivity index (χ0v) is 8.30. The minimum absolute atomic E-state index is 0.0305. The van der Waals surface area contributed by atoms with E-state index < -0.39 is 4.92 Å². The third-order valence-electron chi connectivity index (χ3n) is 1.97. The lowest BCUT2D eigenvalue weighted by atomic mass is 10.1. The van der Waals surface area contributed by atoms with Gasteiger partial charge in [0.2, 0.25) is 0 Å². The lowest BCUT2D eigenvalue weighted by Crippen LogP contribution is -2.06. The molecule has 0 atom stereocenters. The van der Waals surface area contributed by atoms with E-state index >= 15 is 0 Å². The van der Waals surface area contributed by atoms with E-state index in [1.54, 1.807) is 18.2 Å². The van der Waals surface area contributed by atoms with Gasteiger partial charge in [0.15, 0.2) is 5.75 Å². The Morgan fingerprint density at radius 1 is 1.53 bits per heavy atom. The number of rotatable bonds is 5. The Morgan fingerprint density at radius 2 is 2.27 bits per heavy atom. The van der Waals surface area contributed by atoms with Crippen molar-refractivity contribution in [3.8, 4) is 5.75 Å². The average Bonchev–Trinajstić information content (AvgIpc) is 2.25. The van der Waals surface area contributed by atoms with Gasteiger partial charge < -0.3 is 9.57 Å². The predicted octanol–water partition coefficient (Wildman–Crippen LogP) is 1.04. The van der Waals surface area contributed by atoms with Crippen molar-refractivity contribution < 1.29 is 14.5 Å². The topological polar surface area (TPSA) is 87.6 Å². The normalized spacial score (nSPS) is 10.0. The van der Waals surface area contributed by atoms with Gasteiger partial charge in [-0.15, -0.1) is 0 Å². The minimum atomic E-state index is -0.468. The lowest BCUT2D eigenvalue weighted by molar-refractivity contribution is -0.386. The number of nitro benzene ring substituents is 1. The maximum Gasteiger partial charge on any atom is 0.314 e. The van der Waals surface area contributed by atoms with Crippen LogP contribution in [0.15, 0.2) is 18.2 Å². The van der Waals surface area contributed by atoms with Crippen LogP contribution in [-0.4, -0.2) is 18.6 Å². The van der Waals surface area contributed by atoms with Crippen molar-refractivity contribution in [3.05, 3.63) is 33.9 Å². The molecule has 1 aromatic rings. The van der Waals surface area contributed by atoms with Gasteiger partial charge >= 0.3 is 5.69 Å². The van der Waals surface area contributed by atoms with Crippen molar-refractivity contribution in [1.29, 1.82) is 0 Å². The Hall–Kier alpha value is -1.66. The Balaban J connectivity index is 3.07. The molecule has 0 saturated carbocycles. The van der Waals surface area contributed by atoms with Crippen LogP contribution in [0.3, 0.4) is 0 Å². The highest BCUT2D eigenvalue weighted by Gasteiger charge is 2.19. The van der Waals surface area contributed by atoms with Crippen molar-refractivity contribution in [2.45, 2.75) is 6.42 Å². The van der Waals surface area contributed by atoms with Gasteiger partial charge in [-0.1, -0.05) is 12.1 Å². The number of benzene rings is 1. The van der Waals surface area contributed by atoms with E-state index in [4.69, 9.17) is 10.6 Å². The van der Waals surface area contributed by atoms with Gasteiger partial charge in [-0.2, -0.15) is 0 Å². The van der Waals surface area contributed by atoms with Gasteiger partial charge in [0.1, 0.15) is 0 Å². The molecule has 0 heterocycles. The van der Waals surface area contributed by atoms with E-state index in [-0.39, 0.29) is 18.0 Å². The highest BCUT2D eigenvalue weighted by molar-refractivity contribution is 5.52. The van der Waals surface area contributed by atoms with Crippen LogP contribution in [0.5, 0.6) is 5.75 Å². The summed E-state index contributed by atoms with van der Waals surface area (Å²) in [6, 6.07) is 4.89. The summed E-state index contributed by atoms with van der Waals surface area (Å²) in [5.41, 5.74) is 0.516. The number of hydrogen-bond donors (Lipinski definition) is 1. The first-order valence-electron chi connectivity index (χ1n) is 4.32. The molecule has 0 radical (unpaired) electrons. The largest absolute Gasteiger partial charge is 0.490 e. The average molecular weight is 212 g/mol.